The molecule has 0 unspecified atom stereocenters. The van der Waals surface area contributed by atoms with Crippen LogP contribution in [0.15, 0.2) is 71.9 Å². The number of amides is 1. The molecule has 10 heteroatoms. The van der Waals surface area contributed by atoms with Gasteiger partial charge in [0.15, 0.2) is 0 Å². The maximum atomic E-state index is 12.9. The predicted octanol–water partition coefficient (Wildman–Crippen LogP) is 3.41. The fraction of sp³-hybridized carbons (Fsp3) is 0.0909. The second kappa shape index (κ2) is 8.23. The summed E-state index contributed by atoms with van der Waals surface area (Å²) >= 11 is 0. The number of hydrogen-bond donors (Lipinski definition) is 3. The van der Waals surface area contributed by atoms with E-state index in [2.05, 4.69) is 15.0 Å². The number of fused-ring (bicyclic) bond motifs is 1. The molecule has 0 saturated carbocycles. The molecule has 0 aliphatic rings. The van der Waals surface area contributed by atoms with Crippen molar-refractivity contribution in [1.29, 1.82) is 0 Å². The maximum absolute atomic E-state index is 12.9. The molecule has 0 aliphatic carbocycles. The van der Waals surface area contributed by atoms with Crippen LogP contribution in [0, 0.1) is 6.92 Å². The molecule has 4 rings (SSSR count). The number of imidazole rings is 1. The van der Waals surface area contributed by atoms with Gasteiger partial charge >= 0.3 is 0 Å². The first-order valence-corrected chi connectivity index (χ1v) is 11.0. The van der Waals surface area contributed by atoms with Crippen LogP contribution >= 0.6 is 0 Å². The number of ether oxygens (including phenoxy) is 1. The van der Waals surface area contributed by atoms with Gasteiger partial charge in [0.1, 0.15) is 22.8 Å². The number of methoxy groups -OCH3 is 1. The van der Waals surface area contributed by atoms with E-state index in [0.717, 1.165) is 5.56 Å². The van der Waals surface area contributed by atoms with E-state index in [9.17, 15) is 18.3 Å². The number of aromatic nitrogens is 2. The summed E-state index contributed by atoms with van der Waals surface area (Å²) in [4.78, 5) is 16.8. The second-order valence-electron chi connectivity index (χ2n) is 7.03. The zero-order chi connectivity index (χ0) is 22.9. The lowest BCUT2D eigenvalue weighted by atomic mass is 10.3. The molecule has 2 aromatic carbocycles. The Morgan fingerprint density at radius 2 is 1.88 bits per heavy atom. The highest BCUT2D eigenvalue weighted by atomic mass is 32.2. The summed E-state index contributed by atoms with van der Waals surface area (Å²) in [6, 6.07) is 13.9. The maximum Gasteiger partial charge on any atom is 0.275 e. The van der Waals surface area contributed by atoms with E-state index < -0.39 is 15.9 Å². The van der Waals surface area contributed by atoms with Gasteiger partial charge in [0.05, 0.1) is 23.4 Å². The van der Waals surface area contributed by atoms with Gasteiger partial charge in [-0.3, -0.25) is 9.52 Å². The molecule has 2 aromatic heterocycles. The van der Waals surface area contributed by atoms with Gasteiger partial charge in [-0.05, 0) is 55.0 Å². The Hall–Kier alpha value is -4.05. The monoisotopic (exact) mass is 452 g/mol. The highest BCUT2D eigenvalue weighted by molar-refractivity contribution is 7.92. The van der Waals surface area contributed by atoms with Crippen LogP contribution in [0.2, 0.25) is 0 Å². The summed E-state index contributed by atoms with van der Waals surface area (Å²) in [6.45, 7) is 1.91. The van der Waals surface area contributed by atoms with E-state index in [0.29, 0.717) is 11.4 Å². The largest absolute Gasteiger partial charge is 0.506 e. The first-order valence-electron chi connectivity index (χ1n) is 9.52. The Balaban J connectivity index is 1.61. The molecule has 1 amide bonds. The number of anilines is 2. The van der Waals surface area contributed by atoms with Gasteiger partial charge in [-0.1, -0.05) is 12.1 Å². The third-order valence-electron chi connectivity index (χ3n) is 4.73. The van der Waals surface area contributed by atoms with Crippen molar-refractivity contribution in [3.05, 3.63) is 78.2 Å². The fourth-order valence-corrected chi connectivity index (χ4v) is 4.19. The molecule has 0 saturated heterocycles. The van der Waals surface area contributed by atoms with Crippen LogP contribution in [0.25, 0.3) is 5.65 Å². The smallest absolute Gasteiger partial charge is 0.275 e. The second-order valence-corrected chi connectivity index (χ2v) is 8.72. The van der Waals surface area contributed by atoms with Crippen molar-refractivity contribution in [1.82, 2.24) is 9.38 Å². The minimum absolute atomic E-state index is 0.0638. The van der Waals surface area contributed by atoms with E-state index in [4.69, 9.17) is 4.74 Å². The van der Waals surface area contributed by atoms with E-state index in [1.807, 2.05) is 19.1 Å². The van der Waals surface area contributed by atoms with Crippen LogP contribution in [-0.2, 0) is 10.0 Å². The van der Waals surface area contributed by atoms with Crippen LogP contribution in [0.5, 0.6) is 11.5 Å². The molecule has 0 atom stereocenters. The predicted molar refractivity (Wildman–Crippen MR) is 120 cm³/mol. The summed E-state index contributed by atoms with van der Waals surface area (Å²) in [5.41, 5.74) is 1.90. The molecule has 0 fully saturated rings. The number of nitrogens with zero attached hydrogens (tertiary/aromatic N) is 2. The molecule has 0 aliphatic heterocycles. The lowest BCUT2D eigenvalue weighted by molar-refractivity contribution is 0.102. The van der Waals surface area contributed by atoms with Gasteiger partial charge in [-0.2, -0.15) is 0 Å². The number of pyridine rings is 1. The number of rotatable bonds is 6. The molecule has 0 bridgehead atoms. The number of carbonyl (C=O) groups is 1. The third-order valence-corrected chi connectivity index (χ3v) is 6.09. The number of aromatic hydroxyl groups is 1. The number of benzene rings is 2. The number of hydrogen-bond acceptors (Lipinski definition) is 6. The first kappa shape index (κ1) is 21.2. The molecule has 9 nitrogen and oxygen atoms in total. The summed E-state index contributed by atoms with van der Waals surface area (Å²) in [5, 5.41) is 12.7. The SMILES string of the molecule is COc1ccccc1NS(=O)(=O)c1ccc(O)c(NC(=O)c2cn3ccc(C)cc3n2)c1. The van der Waals surface area contributed by atoms with Crippen molar-refractivity contribution >= 4 is 33.0 Å². The van der Waals surface area contributed by atoms with Gasteiger partial charge < -0.3 is 19.6 Å². The van der Waals surface area contributed by atoms with Crippen LogP contribution < -0.4 is 14.8 Å². The summed E-state index contributed by atoms with van der Waals surface area (Å²) in [5.74, 6) is -0.520. The van der Waals surface area contributed by atoms with Crippen LogP contribution in [-0.4, -0.2) is 35.9 Å². The molecule has 0 radical (unpaired) electrons. The Bertz CT molecular complexity index is 1430. The molecule has 2 heterocycles. The van der Waals surface area contributed by atoms with E-state index in [1.54, 1.807) is 41.1 Å². The van der Waals surface area contributed by atoms with Crippen molar-refractivity contribution in [2.24, 2.45) is 0 Å². The molecule has 164 valence electrons. The van der Waals surface area contributed by atoms with Crippen molar-refractivity contribution < 1.29 is 23.1 Å². The van der Waals surface area contributed by atoms with Crippen molar-refractivity contribution in [3.8, 4) is 11.5 Å². The van der Waals surface area contributed by atoms with Crippen LogP contribution in [0.1, 0.15) is 16.1 Å². The number of para-hydroxylation sites is 2. The van der Waals surface area contributed by atoms with Gasteiger partial charge in [-0.25, -0.2) is 13.4 Å². The zero-order valence-corrected chi connectivity index (χ0v) is 18.1. The van der Waals surface area contributed by atoms with E-state index in [1.165, 1.54) is 25.3 Å². The van der Waals surface area contributed by atoms with Gasteiger partial charge in [0, 0.05) is 12.4 Å². The van der Waals surface area contributed by atoms with Crippen molar-refractivity contribution in [2.45, 2.75) is 11.8 Å². The normalized spacial score (nSPS) is 11.3. The lowest BCUT2D eigenvalue weighted by Gasteiger charge is -2.13. The highest BCUT2D eigenvalue weighted by Crippen LogP contribution is 2.30. The standard InChI is InChI=1S/C22H20N4O5S/c1-14-9-10-26-13-18(23-21(26)11-14)22(28)24-17-12-15(7-8-19(17)27)32(29,30)25-16-5-3-4-6-20(16)31-2/h3-13,25,27H,1-2H3,(H,24,28). The van der Waals surface area contributed by atoms with Crippen LogP contribution in [0.3, 0.4) is 0 Å². The van der Waals surface area contributed by atoms with E-state index in [-0.39, 0.29) is 27.7 Å². The first-order chi connectivity index (χ1) is 15.3. The number of phenolic OH excluding ortho intramolecular Hbond substituents is 1. The number of phenols is 1. The number of carbonyl (C=O) groups excluding carboxylic acids is 1. The van der Waals surface area contributed by atoms with Crippen LogP contribution in [0.4, 0.5) is 11.4 Å². The quantitative estimate of drug-likeness (QED) is 0.386. The average Bonchev–Trinajstić information content (AvgIpc) is 3.18. The average molecular weight is 452 g/mol. The Morgan fingerprint density at radius 1 is 1.09 bits per heavy atom. The summed E-state index contributed by atoms with van der Waals surface area (Å²) in [7, 11) is -2.59. The Kier molecular flexibility index (Phi) is 5.45. The van der Waals surface area contributed by atoms with Gasteiger partial charge in [0.25, 0.3) is 15.9 Å². The van der Waals surface area contributed by atoms with E-state index >= 15 is 0 Å². The molecule has 0 spiro atoms. The third kappa shape index (κ3) is 4.21. The summed E-state index contributed by atoms with van der Waals surface area (Å²) in [6.07, 6.45) is 3.33. The molecular weight excluding hydrogens is 432 g/mol. The lowest BCUT2D eigenvalue weighted by Crippen LogP contribution is -2.16. The minimum atomic E-state index is -4.02. The van der Waals surface area contributed by atoms with Gasteiger partial charge in [0.2, 0.25) is 0 Å². The van der Waals surface area contributed by atoms with Crippen molar-refractivity contribution in [3.63, 3.8) is 0 Å². The van der Waals surface area contributed by atoms with Crippen molar-refractivity contribution in [2.75, 3.05) is 17.1 Å². The number of sulfonamides is 1. The Morgan fingerprint density at radius 3 is 2.66 bits per heavy atom. The molecular formula is C22H20N4O5S. The highest BCUT2D eigenvalue weighted by Gasteiger charge is 2.20. The minimum Gasteiger partial charge on any atom is -0.506 e. The Labute approximate surface area is 184 Å². The number of nitrogens with one attached hydrogen (secondary N) is 2. The van der Waals surface area contributed by atoms with Gasteiger partial charge in [-0.15, -0.1) is 0 Å². The zero-order valence-electron chi connectivity index (χ0n) is 17.2. The fourth-order valence-electron chi connectivity index (χ4n) is 3.09. The summed E-state index contributed by atoms with van der Waals surface area (Å²) < 4.78 is 35.0. The molecule has 32 heavy (non-hydrogen) atoms. The number of aryl methyl sites for hydroxylation is 1. The molecule has 4 aromatic rings. The topological polar surface area (TPSA) is 122 Å². The molecule has 3 N–H and O–H groups in total.